The molecule has 106 valence electrons. The number of benzene rings is 1. The summed E-state index contributed by atoms with van der Waals surface area (Å²) < 4.78 is 5.95. The first-order valence-electron chi connectivity index (χ1n) is 7.88. The van der Waals surface area contributed by atoms with Crippen molar-refractivity contribution in [2.75, 3.05) is 13.2 Å². The molecule has 2 aliphatic heterocycles. The monoisotopic (exact) mass is 270 g/mol. The van der Waals surface area contributed by atoms with E-state index >= 15 is 0 Å². The lowest BCUT2D eigenvalue weighted by Crippen LogP contribution is -2.54. The van der Waals surface area contributed by atoms with Gasteiger partial charge in [0.1, 0.15) is 5.60 Å². The van der Waals surface area contributed by atoms with E-state index in [1.54, 1.807) is 0 Å². The van der Waals surface area contributed by atoms with Crippen LogP contribution < -0.4 is 0 Å². The van der Waals surface area contributed by atoms with E-state index in [-0.39, 0.29) is 5.60 Å². The van der Waals surface area contributed by atoms with E-state index in [1.165, 1.54) is 31.2 Å². The minimum atomic E-state index is -0.0275. The largest absolute Gasteiger partial charge is 0.368 e. The lowest BCUT2D eigenvalue weighted by Gasteiger charge is -2.46. The van der Waals surface area contributed by atoms with Crippen molar-refractivity contribution < 1.29 is 4.74 Å². The van der Waals surface area contributed by atoms with E-state index in [0.29, 0.717) is 12.0 Å². The fraction of sp³-hybridized carbons (Fsp3) is 0.588. The summed E-state index contributed by atoms with van der Waals surface area (Å²) in [6.45, 7) is 1.98. The van der Waals surface area contributed by atoms with Crippen molar-refractivity contribution >= 4 is 6.21 Å². The summed E-state index contributed by atoms with van der Waals surface area (Å²) >= 11 is 0. The standard InChI is InChI=1S/C17H22N2O/c1-3-7-14(8-4-1)16-11-19(16)18-13-17-10-6-2-5-9-15(17)12-20-17/h1,3-4,7-8,13,15-16H,2,5-6,9-12H2/b18-13+/t15-,16?,17+,19?/m0/s1. The molecule has 3 nitrogen and oxygen atoms in total. The summed E-state index contributed by atoms with van der Waals surface area (Å²) in [4.78, 5) is 0. The van der Waals surface area contributed by atoms with Crippen molar-refractivity contribution in [2.45, 2.75) is 43.7 Å². The van der Waals surface area contributed by atoms with Gasteiger partial charge in [0.25, 0.3) is 0 Å². The Hall–Kier alpha value is -1.35. The Morgan fingerprint density at radius 3 is 2.90 bits per heavy atom. The van der Waals surface area contributed by atoms with Gasteiger partial charge in [-0.25, -0.2) is 0 Å². The average molecular weight is 270 g/mol. The van der Waals surface area contributed by atoms with Gasteiger partial charge in [0.15, 0.2) is 0 Å². The fourth-order valence-corrected chi connectivity index (χ4v) is 3.58. The molecule has 1 aliphatic carbocycles. The molecule has 1 aromatic carbocycles. The highest BCUT2D eigenvalue weighted by Gasteiger charge is 2.48. The summed E-state index contributed by atoms with van der Waals surface area (Å²) in [5.41, 5.74) is 1.34. The van der Waals surface area contributed by atoms with Gasteiger partial charge in [-0.05, 0) is 18.4 Å². The molecule has 0 bridgehead atoms. The van der Waals surface area contributed by atoms with Gasteiger partial charge in [0.05, 0.1) is 25.4 Å². The topological polar surface area (TPSA) is 24.6 Å². The van der Waals surface area contributed by atoms with Gasteiger partial charge < -0.3 is 4.74 Å². The Labute approximate surface area is 120 Å². The van der Waals surface area contributed by atoms with Crippen LogP contribution in [0.25, 0.3) is 0 Å². The van der Waals surface area contributed by atoms with E-state index in [0.717, 1.165) is 19.6 Å². The van der Waals surface area contributed by atoms with Crippen molar-refractivity contribution in [3.63, 3.8) is 0 Å². The molecule has 0 radical (unpaired) electrons. The number of ether oxygens (including phenoxy) is 1. The molecule has 3 heteroatoms. The van der Waals surface area contributed by atoms with Crippen LogP contribution in [0.15, 0.2) is 35.4 Å². The Kier molecular flexibility index (Phi) is 3.03. The quantitative estimate of drug-likeness (QED) is 0.621. The maximum atomic E-state index is 5.95. The minimum absolute atomic E-state index is 0.0275. The molecule has 1 aromatic rings. The van der Waals surface area contributed by atoms with Crippen LogP contribution in [0.3, 0.4) is 0 Å². The molecule has 1 unspecified atom stereocenters. The Morgan fingerprint density at radius 1 is 1.20 bits per heavy atom. The molecular weight excluding hydrogens is 248 g/mol. The molecule has 0 N–H and O–H groups in total. The predicted octanol–water partition coefficient (Wildman–Crippen LogP) is 3.38. The Morgan fingerprint density at radius 2 is 2.10 bits per heavy atom. The lowest BCUT2D eigenvalue weighted by molar-refractivity contribution is -0.157. The number of hydrazone groups is 1. The maximum absolute atomic E-state index is 5.95. The van der Waals surface area contributed by atoms with Crippen LogP contribution in [-0.4, -0.2) is 30.0 Å². The second-order valence-electron chi connectivity index (χ2n) is 6.36. The smallest absolute Gasteiger partial charge is 0.110 e. The van der Waals surface area contributed by atoms with E-state index in [1.807, 2.05) is 0 Å². The molecule has 1 saturated carbocycles. The molecule has 2 saturated heterocycles. The van der Waals surface area contributed by atoms with Crippen molar-refractivity contribution in [1.82, 2.24) is 5.01 Å². The first-order chi connectivity index (χ1) is 9.87. The van der Waals surface area contributed by atoms with Crippen LogP contribution in [0.1, 0.15) is 43.7 Å². The maximum Gasteiger partial charge on any atom is 0.110 e. The molecule has 3 atom stereocenters. The van der Waals surface area contributed by atoms with Crippen LogP contribution in [0.5, 0.6) is 0 Å². The zero-order chi connectivity index (χ0) is 13.4. The number of rotatable bonds is 3. The van der Waals surface area contributed by atoms with Crippen LogP contribution in [-0.2, 0) is 4.74 Å². The predicted molar refractivity (Wildman–Crippen MR) is 79.6 cm³/mol. The second kappa shape index (κ2) is 4.88. The molecule has 0 amide bonds. The van der Waals surface area contributed by atoms with E-state index in [4.69, 9.17) is 9.84 Å². The zero-order valence-corrected chi connectivity index (χ0v) is 11.9. The summed E-state index contributed by atoms with van der Waals surface area (Å²) in [5.74, 6) is 0.712. The average Bonchev–Trinajstić information content (AvgIpc) is 3.25. The van der Waals surface area contributed by atoms with E-state index < -0.39 is 0 Å². The number of nitrogens with zero attached hydrogens (tertiary/aromatic N) is 2. The number of hydrogen-bond acceptors (Lipinski definition) is 3. The minimum Gasteiger partial charge on any atom is -0.368 e. The Balaban J connectivity index is 1.42. The van der Waals surface area contributed by atoms with Crippen molar-refractivity contribution in [1.29, 1.82) is 0 Å². The second-order valence-corrected chi connectivity index (χ2v) is 6.36. The molecule has 2 heterocycles. The summed E-state index contributed by atoms with van der Waals surface area (Å²) in [6, 6.07) is 11.1. The van der Waals surface area contributed by atoms with Crippen LogP contribution in [0, 0.1) is 5.92 Å². The highest BCUT2D eigenvalue weighted by atomic mass is 16.5. The lowest BCUT2D eigenvalue weighted by atomic mass is 9.80. The zero-order valence-electron chi connectivity index (χ0n) is 11.9. The molecule has 4 rings (SSSR count). The van der Waals surface area contributed by atoms with Crippen molar-refractivity contribution in [3.8, 4) is 0 Å². The van der Waals surface area contributed by atoms with E-state index in [2.05, 4.69) is 41.6 Å². The number of fused-ring (bicyclic) bond motifs is 1. The van der Waals surface area contributed by atoms with Gasteiger partial charge in [0.2, 0.25) is 0 Å². The van der Waals surface area contributed by atoms with Gasteiger partial charge in [-0.3, -0.25) is 5.01 Å². The highest BCUT2D eigenvalue weighted by molar-refractivity contribution is 5.70. The van der Waals surface area contributed by atoms with Gasteiger partial charge >= 0.3 is 0 Å². The third-order valence-corrected chi connectivity index (χ3v) is 5.06. The van der Waals surface area contributed by atoms with Gasteiger partial charge in [-0.15, -0.1) is 0 Å². The Bertz CT molecular complexity index is 501. The molecular formula is C17H22N2O. The molecule has 20 heavy (non-hydrogen) atoms. The van der Waals surface area contributed by atoms with Crippen molar-refractivity contribution in [2.24, 2.45) is 11.0 Å². The molecule has 0 aromatic heterocycles. The molecule has 0 spiro atoms. The number of hydrogen-bond donors (Lipinski definition) is 0. The normalized spacial score (nSPS) is 36.3. The summed E-state index contributed by atoms with van der Waals surface area (Å²) in [5, 5.41) is 6.89. The third kappa shape index (κ3) is 2.14. The van der Waals surface area contributed by atoms with Gasteiger partial charge in [-0.1, -0.05) is 49.6 Å². The van der Waals surface area contributed by atoms with Crippen molar-refractivity contribution in [3.05, 3.63) is 35.9 Å². The van der Waals surface area contributed by atoms with Gasteiger partial charge in [0, 0.05) is 5.92 Å². The highest BCUT2D eigenvalue weighted by Crippen LogP contribution is 2.43. The van der Waals surface area contributed by atoms with Gasteiger partial charge in [-0.2, -0.15) is 5.10 Å². The van der Waals surface area contributed by atoms with E-state index in [9.17, 15) is 0 Å². The summed E-state index contributed by atoms with van der Waals surface area (Å²) in [6.07, 6.45) is 8.59. The van der Waals surface area contributed by atoms with Crippen LogP contribution >= 0.6 is 0 Å². The third-order valence-electron chi connectivity index (χ3n) is 5.06. The van der Waals surface area contributed by atoms with Crippen LogP contribution in [0.4, 0.5) is 0 Å². The molecule has 3 fully saturated rings. The summed E-state index contributed by atoms with van der Waals surface area (Å²) in [7, 11) is 0. The molecule has 3 aliphatic rings. The first-order valence-corrected chi connectivity index (χ1v) is 7.88. The first kappa shape index (κ1) is 12.4. The fourth-order valence-electron chi connectivity index (χ4n) is 3.58. The van der Waals surface area contributed by atoms with Crippen LogP contribution in [0.2, 0.25) is 0 Å². The SMILES string of the molecule is C(=N\N1CC1c1ccccc1)/[C@]12CCCCC[C@H]1CO2.